The van der Waals surface area contributed by atoms with E-state index in [0.29, 0.717) is 0 Å². The van der Waals surface area contributed by atoms with Crippen LogP contribution in [0.5, 0.6) is 5.75 Å². The lowest BCUT2D eigenvalue weighted by Crippen LogP contribution is -2.32. The van der Waals surface area contributed by atoms with Crippen LogP contribution >= 0.6 is 0 Å². The molecule has 0 aromatic heterocycles. The summed E-state index contributed by atoms with van der Waals surface area (Å²) < 4.78 is 5.39. The number of rotatable bonds is 6. The molecular formula is C15H26N2O. The van der Waals surface area contributed by atoms with Gasteiger partial charge in [0.05, 0.1) is 7.11 Å². The maximum absolute atomic E-state index is 6.27. The fourth-order valence-electron chi connectivity index (χ4n) is 1.98. The zero-order valence-corrected chi connectivity index (χ0v) is 12.0. The fourth-order valence-corrected chi connectivity index (χ4v) is 1.98. The summed E-state index contributed by atoms with van der Waals surface area (Å²) in [6.45, 7) is 6.19. The minimum absolute atomic E-state index is 0.0192. The molecule has 0 bridgehead atoms. The van der Waals surface area contributed by atoms with Gasteiger partial charge in [0.15, 0.2) is 0 Å². The quantitative estimate of drug-likeness (QED) is 0.816. The van der Waals surface area contributed by atoms with Crippen molar-refractivity contribution in [3.05, 3.63) is 29.3 Å². The van der Waals surface area contributed by atoms with Crippen LogP contribution in [0.2, 0.25) is 0 Å². The summed E-state index contributed by atoms with van der Waals surface area (Å²) in [5.41, 5.74) is 14.5. The molecule has 102 valence electrons. The molecule has 3 nitrogen and oxygen atoms in total. The summed E-state index contributed by atoms with van der Waals surface area (Å²) in [5, 5.41) is 0. The molecule has 0 spiro atoms. The largest absolute Gasteiger partial charge is 0.496 e. The zero-order valence-electron chi connectivity index (χ0n) is 12.0. The first-order valence-corrected chi connectivity index (χ1v) is 6.58. The van der Waals surface area contributed by atoms with Gasteiger partial charge in [0.25, 0.3) is 0 Å². The van der Waals surface area contributed by atoms with Crippen molar-refractivity contribution in [3.63, 3.8) is 0 Å². The Labute approximate surface area is 111 Å². The van der Waals surface area contributed by atoms with E-state index in [1.807, 2.05) is 19.9 Å². The molecule has 1 unspecified atom stereocenters. The van der Waals surface area contributed by atoms with Crippen molar-refractivity contribution in [3.8, 4) is 5.75 Å². The molecule has 0 fully saturated rings. The van der Waals surface area contributed by atoms with E-state index in [4.69, 9.17) is 16.2 Å². The molecule has 4 N–H and O–H groups in total. The molecule has 0 saturated carbocycles. The van der Waals surface area contributed by atoms with Gasteiger partial charge in [0, 0.05) is 17.1 Å². The minimum atomic E-state index is -0.173. The lowest BCUT2D eigenvalue weighted by Gasteiger charge is -2.22. The standard InChI is InChI=1S/C15H26N2O/c1-5-11-6-7-14(18-4)12(10-11)13(16)8-9-15(2,3)17/h6-7,10,13H,5,8-9,16-17H2,1-4H3. The lowest BCUT2D eigenvalue weighted by atomic mass is 9.92. The number of nitrogens with two attached hydrogens (primary N) is 2. The number of methoxy groups -OCH3 is 1. The van der Waals surface area contributed by atoms with E-state index in [1.165, 1.54) is 5.56 Å². The van der Waals surface area contributed by atoms with Crippen LogP contribution in [0.3, 0.4) is 0 Å². The topological polar surface area (TPSA) is 61.3 Å². The maximum atomic E-state index is 6.27. The summed E-state index contributed by atoms with van der Waals surface area (Å²) in [5.74, 6) is 0.870. The van der Waals surface area contributed by atoms with E-state index in [1.54, 1.807) is 7.11 Å². The molecule has 0 aliphatic heterocycles. The van der Waals surface area contributed by atoms with Crippen LogP contribution in [0, 0.1) is 0 Å². The van der Waals surface area contributed by atoms with E-state index in [-0.39, 0.29) is 11.6 Å². The summed E-state index contributed by atoms with van der Waals surface area (Å²) in [6.07, 6.45) is 2.77. The first kappa shape index (κ1) is 15.0. The first-order valence-electron chi connectivity index (χ1n) is 6.58. The minimum Gasteiger partial charge on any atom is -0.496 e. The van der Waals surface area contributed by atoms with Crippen molar-refractivity contribution in [2.45, 2.75) is 51.6 Å². The van der Waals surface area contributed by atoms with Crippen LogP contribution < -0.4 is 16.2 Å². The summed E-state index contributed by atoms with van der Waals surface area (Å²) in [6, 6.07) is 6.21. The molecule has 1 aromatic carbocycles. The molecule has 1 aromatic rings. The van der Waals surface area contributed by atoms with Gasteiger partial charge in [-0.15, -0.1) is 0 Å². The van der Waals surface area contributed by atoms with E-state index in [2.05, 4.69) is 19.1 Å². The molecule has 1 atom stereocenters. The van der Waals surface area contributed by atoms with Crippen molar-refractivity contribution in [1.82, 2.24) is 0 Å². The maximum Gasteiger partial charge on any atom is 0.123 e. The molecule has 0 heterocycles. The first-order chi connectivity index (χ1) is 8.37. The Bertz CT molecular complexity index is 383. The van der Waals surface area contributed by atoms with Crippen LogP contribution in [0.1, 0.15) is 50.8 Å². The van der Waals surface area contributed by atoms with Crippen molar-refractivity contribution in [2.24, 2.45) is 11.5 Å². The highest BCUT2D eigenvalue weighted by atomic mass is 16.5. The number of hydrogen-bond donors (Lipinski definition) is 2. The Kier molecular flexibility index (Phi) is 5.17. The summed E-state index contributed by atoms with van der Waals surface area (Å²) in [7, 11) is 1.68. The van der Waals surface area contributed by atoms with Crippen molar-refractivity contribution < 1.29 is 4.74 Å². The highest BCUT2D eigenvalue weighted by Gasteiger charge is 2.17. The van der Waals surface area contributed by atoms with Crippen molar-refractivity contribution >= 4 is 0 Å². The van der Waals surface area contributed by atoms with E-state index in [9.17, 15) is 0 Å². The van der Waals surface area contributed by atoms with Gasteiger partial charge < -0.3 is 16.2 Å². The average molecular weight is 250 g/mol. The molecule has 0 aliphatic rings. The second-order valence-electron chi connectivity index (χ2n) is 5.56. The fraction of sp³-hybridized carbons (Fsp3) is 0.600. The molecule has 0 aliphatic carbocycles. The highest BCUT2D eigenvalue weighted by Crippen LogP contribution is 2.29. The van der Waals surface area contributed by atoms with Gasteiger partial charge in [-0.05, 0) is 44.7 Å². The van der Waals surface area contributed by atoms with E-state index in [0.717, 1.165) is 30.6 Å². The van der Waals surface area contributed by atoms with E-state index < -0.39 is 0 Å². The monoisotopic (exact) mass is 250 g/mol. The zero-order chi connectivity index (χ0) is 13.8. The summed E-state index contributed by atoms with van der Waals surface area (Å²) >= 11 is 0. The number of aryl methyl sites for hydroxylation is 1. The normalized spacial score (nSPS) is 13.4. The molecule has 18 heavy (non-hydrogen) atoms. The smallest absolute Gasteiger partial charge is 0.123 e. The predicted molar refractivity (Wildman–Crippen MR) is 76.8 cm³/mol. The highest BCUT2D eigenvalue weighted by molar-refractivity contribution is 5.39. The number of ether oxygens (including phenoxy) is 1. The SMILES string of the molecule is CCc1ccc(OC)c(C(N)CCC(C)(C)N)c1. The molecule has 1 rings (SSSR count). The van der Waals surface area contributed by atoms with Gasteiger partial charge in [-0.2, -0.15) is 0 Å². The third kappa shape index (κ3) is 4.31. The van der Waals surface area contributed by atoms with Crippen molar-refractivity contribution in [2.75, 3.05) is 7.11 Å². The number of hydrogen-bond acceptors (Lipinski definition) is 3. The molecular weight excluding hydrogens is 224 g/mol. The summed E-state index contributed by atoms with van der Waals surface area (Å²) in [4.78, 5) is 0. The Morgan fingerprint density at radius 3 is 2.50 bits per heavy atom. The second-order valence-corrected chi connectivity index (χ2v) is 5.56. The van der Waals surface area contributed by atoms with Crippen LogP contribution in [0.4, 0.5) is 0 Å². The van der Waals surface area contributed by atoms with Gasteiger partial charge in [0.1, 0.15) is 5.75 Å². The Hall–Kier alpha value is -1.06. The predicted octanol–water partition coefficient (Wildman–Crippen LogP) is 2.77. The van der Waals surface area contributed by atoms with Crippen LogP contribution in [0.25, 0.3) is 0 Å². The van der Waals surface area contributed by atoms with Crippen molar-refractivity contribution in [1.29, 1.82) is 0 Å². The average Bonchev–Trinajstić information content (AvgIpc) is 2.34. The van der Waals surface area contributed by atoms with E-state index >= 15 is 0 Å². The van der Waals surface area contributed by atoms with Gasteiger partial charge in [-0.25, -0.2) is 0 Å². The third-order valence-electron chi connectivity index (χ3n) is 3.20. The molecule has 0 saturated heterocycles. The van der Waals surface area contributed by atoms with Crippen LogP contribution in [0.15, 0.2) is 18.2 Å². The number of benzene rings is 1. The molecule has 0 amide bonds. The molecule has 3 heteroatoms. The second kappa shape index (κ2) is 6.21. The molecule has 0 radical (unpaired) electrons. The lowest BCUT2D eigenvalue weighted by molar-refractivity contribution is 0.394. The van der Waals surface area contributed by atoms with Gasteiger partial charge in [0.2, 0.25) is 0 Å². The van der Waals surface area contributed by atoms with Gasteiger partial charge >= 0.3 is 0 Å². The third-order valence-corrected chi connectivity index (χ3v) is 3.20. The Morgan fingerprint density at radius 2 is 2.00 bits per heavy atom. The van der Waals surface area contributed by atoms with Gasteiger partial charge in [-0.1, -0.05) is 19.1 Å². The van der Waals surface area contributed by atoms with Crippen LogP contribution in [-0.4, -0.2) is 12.6 Å². The Balaban J connectivity index is 2.85. The Morgan fingerprint density at radius 1 is 1.33 bits per heavy atom. The van der Waals surface area contributed by atoms with Gasteiger partial charge in [-0.3, -0.25) is 0 Å². The van der Waals surface area contributed by atoms with Crippen LogP contribution in [-0.2, 0) is 6.42 Å².